The topological polar surface area (TPSA) is 52.5 Å². The van der Waals surface area contributed by atoms with Crippen LogP contribution in [0.2, 0.25) is 0 Å². The lowest BCUT2D eigenvalue weighted by molar-refractivity contribution is -0.137. The predicted octanol–water partition coefficient (Wildman–Crippen LogP) is 6.92. The molecule has 3 aromatic carbocycles. The van der Waals surface area contributed by atoms with Crippen LogP contribution in [0.1, 0.15) is 54.4 Å². The van der Waals surface area contributed by atoms with Gasteiger partial charge in [0.1, 0.15) is 5.75 Å². The zero-order valence-corrected chi connectivity index (χ0v) is 22.6. The number of hydrogen-bond donors (Lipinski definition) is 1. The lowest BCUT2D eigenvalue weighted by Gasteiger charge is -2.24. The van der Waals surface area contributed by atoms with Crippen LogP contribution in [0, 0.1) is 0 Å². The van der Waals surface area contributed by atoms with Gasteiger partial charge >= 0.3 is 6.18 Å². The summed E-state index contributed by atoms with van der Waals surface area (Å²) in [7, 11) is 1.62. The van der Waals surface area contributed by atoms with E-state index in [1.165, 1.54) is 12.1 Å². The summed E-state index contributed by atoms with van der Waals surface area (Å²) in [6.07, 6.45) is -0.497. The van der Waals surface area contributed by atoms with Crippen molar-refractivity contribution in [1.82, 2.24) is 9.88 Å². The molecule has 8 heteroatoms. The SMILES string of the molecule is COc1ccc(Cn2cc([C@H](CC(=O)NC[C@@]3(C)CCCO3)c3ccc(C(F)(F)F)cc3)c3ccccc32)cc1. The summed E-state index contributed by atoms with van der Waals surface area (Å²) in [4.78, 5) is 13.3. The van der Waals surface area contributed by atoms with Crippen LogP contribution in [0.3, 0.4) is 0 Å². The second kappa shape index (κ2) is 11.4. The Labute approximate surface area is 231 Å². The Morgan fingerprint density at radius 3 is 2.45 bits per heavy atom. The Bertz CT molecular complexity index is 1450. The number of alkyl halides is 3. The van der Waals surface area contributed by atoms with Crippen molar-refractivity contribution in [1.29, 1.82) is 0 Å². The van der Waals surface area contributed by atoms with Gasteiger partial charge in [-0.1, -0.05) is 42.5 Å². The normalized spacial score (nSPS) is 18.1. The first-order valence-corrected chi connectivity index (χ1v) is 13.4. The molecule has 0 aliphatic carbocycles. The molecule has 1 N–H and O–H groups in total. The van der Waals surface area contributed by atoms with Crippen molar-refractivity contribution in [2.24, 2.45) is 0 Å². The average molecular weight is 551 g/mol. The van der Waals surface area contributed by atoms with E-state index in [9.17, 15) is 18.0 Å². The molecule has 0 radical (unpaired) electrons. The van der Waals surface area contributed by atoms with E-state index in [1.807, 2.05) is 61.7 Å². The van der Waals surface area contributed by atoms with E-state index in [2.05, 4.69) is 9.88 Å². The van der Waals surface area contributed by atoms with Gasteiger partial charge < -0.3 is 19.4 Å². The molecule has 5 rings (SSSR count). The van der Waals surface area contributed by atoms with E-state index in [1.54, 1.807) is 7.11 Å². The molecule has 0 spiro atoms. The summed E-state index contributed by atoms with van der Waals surface area (Å²) in [5.41, 5.74) is 2.49. The van der Waals surface area contributed by atoms with E-state index in [0.29, 0.717) is 25.3 Å². The number of nitrogens with zero attached hydrogens (tertiary/aromatic N) is 1. The maximum atomic E-state index is 13.3. The number of methoxy groups -OCH3 is 1. The number of ether oxygens (including phenoxy) is 2. The molecule has 1 amide bonds. The molecule has 2 heterocycles. The van der Waals surface area contributed by atoms with Gasteiger partial charge in [0.2, 0.25) is 5.91 Å². The molecule has 4 aromatic rings. The number of rotatable bonds is 9. The zero-order valence-electron chi connectivity index (χ0n) is 22.6. The van der Waals surface area contributed by atoms with Crippen LogP contribution >= 0.6 is 0 Å². The molecule has 2 atom stereocenters. The van der Waals surface area contributed by atoms with Crippen molar-refractivity contribution in [2.75, 3.05) is 20.3 Å². The van der Waals surface area contributed by atoms with Gasteiger partial charge in [-0.15, -0.1) is 0 Å². The van der Waals surface area contributed by atoms with Crippen LogP contribution in [0.5, 0.6) is 5.75 Å². The first kappa shape index (κ1) is 27.8. The van der Waals surface area contributed by atoms with E-state index in [4.69, 9.17) is 9.47 Å². The molecular formula is C32H33F3N2O3. The monoisotopic (exact) mass is 550 g/mol. The fourth-order valence-corrected chi connectivity index (χ4v) is 5.44. The van der Waals surface area contributed by atoms with Gasteiger partial charge in [0.25, 0.3) is 0 Å². The summed E-state index contributed by atoms with van der Waals surface area (Å²) in [6.45, 7) is 3.64. The fraction of sp³-hybridized carbons (Fsp3) is 0.344. The van der Waals surface area contributed by atoms with Crippen molar-refractivity contribution in [2.45, 2.75) is 50.4 Å². The van der Waals surface area contributed by atoms with Crippen molar-refractivity contribution in [3.8, 4) is 5.75 Å². The first-order chi connectivity index (χ1) is 19.1. The highest BCUT2D eigenvalue weighted by molar-refractivity contribution is 5.87. The highest BCUT2D eigenvalue weighted by Gasteiger charge is 2.32. The summed E-state index contributed by atoms with van der Waals surface area (Å²) in [6, 6.07) is 20.9. The molecule has 1 aliphatic heterocycles. The van der Waals surface area contributed by atoms with Gasteiger partial charge in [-0.25, -0.2) is 0 Å². The number of hydrogen-bond acceptors (Lipinski definition) is 3. The summed E-state index contributed by atoms with van der Waals surface area (Å²) in [5, 5.41) is 3.97. The van der Waals surface area contributed by atoms with Crippen LogP contribution < -0.4 is 10.1 Å². The number of para-hydroxylation sites is 1. The molecule has 5 nitrogen and oxygen atoms in total. The molecule has 1 fully saturated rings. The molecule has 0 unspecified atom stereocenters. The third-order valence-corrected chi connectivity index (χ3v) is 7.70. The maximum Gasteiger partial charge on any atom is 0.416 e. The summed E-state index contributed by atoms with van der Waals surface area (Å²) < 4.78 is 53.2. The van der Waals surface area contributed by atoms with Crippen molar-refractivity contribution in [3.63, 3.8) is 0 Å². The highest BCUT2D eigenvalue weighted by Crippen LogP contribution is 2.37. The first-order valence-electron chi connectivity index (χ1n) is 13.4. The number of benzene rings is 3. The number of carbonyl (C=O) groups is 1. The van der Waals surface area contributed by atoms with Gasteiger partial charge in [0.15, 0.2) is 0 Å². The minimum Gasteiger partial charge on any atom is -0.497 e. The quantitative estimate of drug-likeness (QED) is 0.246. The minimum atomic E-state index is -4.43. The molecule has 210 valence electrons. The molecule has 1 aliphatic rings. The Hall–Kier alpha value is -3.78. The minimum absolute atomic E-state index is 0.0952. The predicted molar refractivity (Wildman–Crippen MR) is 149 cm³/mol. The van der Waals surface area contributed by atoms with E-state index >= 15 is 0 Å². The Morgan fingerprint density at radius 2 is 1.80 bits per heavy atom. The lowest BCUT2D eigenvalue weighted by atomic mass is 9.87. The number of amides is 1. The number of fused-ring (bicyclic) bond motifs is 1. The number of aromatic nitrogens is 1. The standard InChI is InChI=1S/C32H33F3N2O3/c1-31(16-5-17-40-31)21-36-30(38)18-27(23-10-12-24(13-11-23)32(33,34)35)28-20-37(29-7-4-3-6-26(28)29)19-22-8-14-25(39-2)15-9-22/h3-4,6-15,20,27H,5,16-19,21H2,1-2H3,(H,36,38)/t27-,31-/m1/s1. The van der Waals surface area contributed by atoms with Crippen LogP contribution in [-0.4, -0.2) is 36.3 Å². The van der Waals surface area contributed by atoms with Gasteiger partial charge in [-0.2, -0.15) is 13.2 Å². The zero-order chi connectivity index (χ0) is 28.3. The molecular weight excluding hydrogens is 517 g/mol. The van der Waals surface area contributed by atoms with Gasteiger partial charge in [0.05, 0.1) is 18.3 Å². The average Bonchev–Trinajstić information content (AvgIpc) is 3.55. The number of carbonyl (C=O) groups excluding carboxylic acids is 1. The van der Waals surface area contributed by atoms with Crippen molar-refractivity contribution in [3.05, 3.63) is 101 Å². The van der Waals surface area contributed by atoms with Crippen LogP contribution in [0.4, 0.5) is 13.2 Å². The van der Waals surface area contributed by atoms with Crippen molar-refractivity contribution < 1.29 is 27.4 Å². The van der Waals surface area contributed by atoms with E-state index < -0.39 is 23.3 Å². The number of nitrogens with one attached hydrogen (secondary N) is 1. The van der Waals surface area contributed by atoms with Gasteiger partial charge in [-0.3, -0.25) is 4.79 Å². The second-order valence-corrected chi connectivity index (χ2v) is 10.6. The second-order valence-electron chi connectivity index (χ2n) is 10.6. The Kier molecular flexibility index (Phi) is 7.90. The summed E-state index contributed by atoms with van der Waals surface area (Å²) >= 11 is 0. The van der Waals surface area contributed by atoms with Crippen LogP contribution in [0.15, 0.2) is 79.0 Å². The third kappa shape index (κ3) is 6.17. The molecule has 40 heavy (non-hydrogen) atoms. The van der Waals surface area contributed by atoms with Crippen molar-refractivity contribution >= 4 is 16.8 Å². The largest absolute Gasteiger partial charge is 0.497 e. The fourth-order valence-electron chi connectivity index (χ4n) is 5.44. The summed E-state index contributed by atoms with van der Waals surface area (Å²) in [5.74, 6) is 0.155. The van der Waals surface area contributed by atoms with Gasteiger partial charge in [0, 0.05) is 49.1 Å². The molecule has 0 saturated carbocycles. The molecule has 1 aromatic heterocycles. The maximum absolute atomic E-state index is 13.3. The highest BCUT2D eigenvalue weighted by atomic mass is 19.4. The van der Waals surface area contributed by atoms with Gasteiger partial charge in [-0.05, 0) is 66.8 Å². The lowest BCUT2D eigenvalue weighted by Crippen LogP contribution is -2.40. The van der Waals surface area contributed by atoms with Crippen LogP contribution in [-0.2, 0) is 22.3 Å². The number of halogens is 3. The molecule has 1 saturated heterocycles. The van der Waals surface area contributed by atoms with E-state index in [-0.39, 0.29) is 12.3 Å². The molecule has 0 bridgehead atoms. The third-order valence-electron chi connectivity index (χ3n) is 7.70. The smallest absolute Gasteiger partial charge is 0.416 e. The Morgan fingerprint density at radius 1 is 1.07 bits per heavy atom. The Balaban J connectivity index is 1.49. The van der Waals surface area contributed by atoms with Crippen LogP contribution in [0.25, 0.3) is 10.9 Å². The van der Waals surface area contributed by atoms with E-state index in [0.717, 1.165) is 52.8 Å².